The molecule has 3 rings (SSSR count). The van der Waals surface area contributed by atoms with Crippen molar-refractivity contribution in [3.8, 4) is 0 Å². The maximum absolute atomic E-state index is 12.7. The highest BCUT2D eigenvalue weighted by atomic mass is 16.5. The van der Waals surface area contributed by atoms with Crippen LogP contribution >= 0.6 is 0 Å². The number of benzene rings is 1. The molecule has 2 amide bonds. The lowest BCUT2D eigenvalue weighted by Gasteiger charge is -2.38. The molecule has 0 saturated carbocycles. The lowest BCUT2D eigenvalue weighted by molar-refractivity contribution is -0.162. The van der Waals surface area contributed by atoms with Gasteiger partial charge in [0, 0.05) is 32.5 Å². The Kier molecular flexibility index (Phi) is 5.68. The van der Waals surface area contributed by atoms with Crippen LogP contribution in [0.2, 0.25) is 0 Å². The Morgan fingerprint density at radius 1 is 1.35 bits per heavy atom. The Morgan fingerprint density at radius 2 is 2.15 bits per heavy atom. The van der Waals surface area contributed by atoms with Gasteiger partial charge in [0.2, 0.25) is 5.91 Å². The van der Waals surface area contributed by atoms with Gasteiger partial charge in [0.25, 0.3) is 5.91 Å². The van der Waals surface area contributed by atoms with Gasteiger partial charge in [-0.25, -0.2) is 0 Å². The van der Waals surface area contributed by atoms with Gasteiger partial charge in [-0.2, -0.15) is 5.10 Å². The Labute approximate surface area is 152 Å². The second-order valence-electron chi connectivity index (χ2n) is 6.45. The van der Waals surface area contributed by atoms with E-state index in [0.717, 1.165) is 24.1 Å². The lowest BCUT2D eigenvalue weighted by atomic mass is 9.94. The number of aromatic nitrogens is 2. The topological polar surface area (TPSA) is 76.5 Å². The first-order valence-corrected chi connectivity index (χ1v) is 8.76. The van der Waals surface area contributed by atoms with Gasteiger partial charge < -0.3 is 15.0 Å². The zero-order valence-electron chi connectivity index (χ0n) is 15.1. The van der Waals surface area contributed by atoms with Crippen LogP contribution in [-0.2, 0) is 20.9 Å². The normalized spacial score (nSPS) is 20.2. The third-order valence-electron chi connectivity index (χ3n) is 4.67. The number of morpholine rings is 1. The summed E-state index contributed by atoms with van der Waals surface area (Å²) in [6.07, 6.45) is 3.67. The molecule has 1 aliphatic rings. The number of hydrogen-bond acceptors (Lipinski definition) is 4. The van der Waals surface area contributed by atoms with E-state index in [1.54, 1.807) is 18.1 Å². The molecular formula is C19H24N4O3. The third kappa shape index (κ3) is 3.94. The summed E-state index contributed by atoms with van der Waals surface area (Å²) in [5, 5.41) is 7.06. The quantitative estimate of drug-likeness (QED) is 0.792. The zero-order chi connectivity index (χ0) is 18.5. The number of amides is 2. The van der Waals surface area contributed by atoms with Crippen LogP contribution in [0.3, 0.4) is 0 Å². The molecule has 26 heavy (non-hydrogen) atoms. The van der Waals surface area contributed by atoms with Crippen molar-refractivity contribution in [2.24, 2.45) is 0 Å². The molecule has 1 saturated heterocycles. The molecule has 0 radical (unpaired) electrons. The highest BCUT2D eigenvalue weighted by Gasteiger charge is 2.40. The first-order valence-electron chi connectivity index (χ1n) is 8.76. The summed E-state index contributed by atoms with van der Waals surface area (Å²) in [5.74, 6) is -0.320. The first kappa shape index (κ1) is 18.1. The van der Waals surface area contributed by atoms with E-state index < -0.39 is 12.1 Å². The first-order chi connectivity index (χ1) is 12.6. The summed E-state index contributed by atoms with van der Waals surface area (Å²) in [6.45, 7) is 3.15. The maximum atomic E-state index is 12.7. The van der Waals surface area contributed by atoms with Crippen molar-refractivity contribution in [2.75, 3.05) is 20.2 Å². The Morgan fingerprint density at radius 3 is 2.88 bits per heavy atom. The van der Waals surface area contributed by atoms with E-state index in [2.05, 4.69) is 10.4 Å². The number of hydrogen-bond donors (Lipinski definition) is 1. The zero-order valence-corrected chi connectivity index (χ0v) is 15.1. The minimum Gasteiger partial charge on any atom is -0.356 e. The summed E-state index contributed by atoms with van der Waals surface area (Å²) in [6, 6.07) is 9.21. The molecule has 2 aromatic rings. The van der Waals surface area contributed by atoms with Crippen LogP contribution in [0.25, 0.3) is 0 Å². The van der Waals surface area contributed by atoms with Gasteiger partial charge in [-0.1, -0.05) is 24.3 Å². The lowest BCUT2D eigenvalue weighted by Crippen LogP contribution is -2.53. The molecule has 1 fully saturated rings. The Hall–Kier alpha value is -2.67. The van der Waals surface area contributed by atoms with Gasteiger partial charge in [0.1, 0.15) is 6.61 Å². The molecule has 2 atom stereocenters. The van der Waals surface area contributed by atoms with E-state index in [-0.39, 0.29) is 18.4 Å². The van der Waals surface area contributed by atoms with Crippen molar-refractivity contribution in [1.82, 2.24) is 20.0 Å². The highest BCUT2D eigenvalue weighted by Crippen LogP contribution is 2.31. The van der Waals surface area contributed by atoms with Gasteiger partial charge in [0.15, 0.2) is 6.10 Å². The van der Waals surface area contributed by atoms with Crippen LogP contribution < -0.4 is 5.32 Å². The fraction of sp³-hybridized carbons (Fsp3) is 0.421. The van der Waals surface area contributed by atoms with Gasteiger partial charge in [0.05, 0.1) is 6.04 Å². The molecule has 0 bridgehead atoms. The van der Waals surface area contributed by atoms with E-state index in [1.165, 1.54) is 0 Å². The van der Waals surface area contributed by atoms with Gasteiger partial charge in [-0.15, -0.1) is 0 Å². The number of nitrogens with zero attached hydrogens (tertiary/aromatic N) is 3. The number of likely N-dealkylation sites (N-methyl/N-ethyl adjacent to an activating group) is 1. The Balaban J connectivity index is 1.66. The van der Waals surface area contributed by atoms with E-state index in [1.807, 2.05) is 48.1 Å². The number of carbonyl (C=O) groups is 2. The van der Waals surface area contributed by atoms with Crippen molar-refractivity contribution < 1.29 is 14.3 Å². The molecule has 7 heteroatoms. The number of carbonyl (C=O) groups excluding carboxylic acids is 2. The predicted molar refractivity (Wildman–Crippen MR) is 96.3 cm³/mol. The smallest absolute Gasteiger partial charge is 0.251 e. The fourth-order valence-electron chi connectivity index (χ4n) is 3.21. The predicted octanol–water partition coefficient (Wildman–Crippen LogP) is 1.30. The summed E-state index contributed by atoms with van der Waals surface area (Å²) in [5.41, 5.74) is 1.96. The summed E-state index contributed by atoms with van der Waals surface area (Å²) < 4.78 is 7.45. The number of aryl methyl sites for hydroxylation is 2. The molecule has 7 nitrogen and oxygen atoms in total. The molecule has 138 valence electrons. The van der Waals surface area contributed by atoms with Crippen molar-refractivity contribution in [3.05, 3.63) is 53.9 Å². The van der Waals surface area contributed by atoms with Crippen molar-refractivity contribution in [1.29, 1.82) is 0 Å². The molecule has 2 heterocycles. The molecule has 1 aliphatic heterocycles. The second kappa shape index (κ2) is 8.14. The fourth-order valence-corrected chi connectivity index (χ4v) is 3.21. The average Bonchev–Trinajstić information content (AvgIpc) is 3.15. The minimum absolute atomic E-state index is 0.0791. The molecule has 1 aromatic carbocycles. The van der Waals surface area contributed by atoms with E-state index in [9.17, 15) is 9.59 Å². The molecule has 0 aliphatic carbocycles. The van der Waals surface area contributed by atoms with Crippen molar-refractivity contribution in [3.63, 3.8) is 0 Å². The standard InChI is InChI=1S/C19H24N4O3/c1-14-7-3-4-8-15(14)17-18(26-13-16(24)22(17)2)19(25)20-9-5-11-23-12-6-10-21-23/h3-4,6-8,10,12,17-18H,5,9,11,13H2,1-2H3,(H,20,25)/t17-,18+/m1/s1. The molecule has 1 N–H and O–H groups in total. The van der Waals surface area contributed by atoms with Gasteiger partial charge >= 0.3 is 0 Å². The van der Waals surface area contributed by atoms with E-state index in [4.69, 9.17) is 4.74 Å². The van der Waals surface area contributed by atoms with E-state index >= 15 is 0 Å². The van der Waals surface area contributed by atoms with Crippen LogP contribution in [-0.4, -0.2) is 52.8 Å². The Bertz CT molecular complexity index is 760. The average molecular weight is 356 g/mol. The minimum atomic E-state index is -0.719. The summed E-state index contributed by atoms with van der Waals surface area (Å²) >= 11 is 0. The summed E-state index contributed by atoms with van der Waals surface area (Å²) in [7, 11) is 1.72. The van der Waals surface area contributed by atoms with Crippen LogP contribution in [0.4, 0.5) is 0 Å². The number of ether oxygens (including phenoxy) is 1. The number of rotatable bonds is 6. The molecule has 0 spiro atoms. The SMILES string of the molecule is Cc1ccccc1[C@@H]1[C@@H](C(=O)NCCCn2cccn2)OCC(=O)N1C. The third-order valence-corrected chi connectivity index (χ3v) is 4.67. The van der Waals surface area contributed by atoms with Crippen LogP contribution in [0.15, 0.2) is 42.7 Å². The van der Waals surface area contributed by atoms with Crippen LogP contribution in [0.5, 0.6) is 0 Å². The van der Waals surface area contributed by atoms with Crippen molar-refractivity contribution >= 4 is 11.8 Å². The van der Waals surface area contributed by atoms with E-state index in [0.29, 0.717) is 6.54 Å². The largest absolute Gasteiger partial charge is 0.356 e. The van der Waals surface area contributed by atoms with Crippen molar-refractivity contribution in [2.45, 2.75) is 32.0 Å². The van der Waals surface area contributed by atoms with Gasteiger partial charge in [-0.05, 0) is 30.5 Å². The van der Waals surface area contributed by atoms with Gasteiger partial charge in [-0.3, -0.25) is 14.3 Å². The molecule has 0 unspecified atom stereocenters. The summed E-state index contributed by atoms with van der Waals surface area (Å²) in [4.78, 5) is 26.4. The monoisotopic (exact) mass is 356 g/mol. The molecule has 1 aromatic heterocycles. The second-order valence-corrected chi connectivity index (χ2v) is 6.45. The highest BCUT2D eigenvalue weighted by molar-refractivity contribution is 5.86. The molecular weight excluding hydrogens is 332 g/mol. The maximum Gasteiger partial charge on any atom is 0.251 e. The van der Waals surface area contributed by atoms with Crippen LogP contribution in [0, 0.1) is 6.92 Å². The number of nitrogens with one attached hydrogen (secondary N) is 1. The van der Waals surface area contributed by atoms with Crippen LogP contribution in [0.1, 0.15) is 23.6 Å².